The third-order valence-corrected chi connectivity index (χ3v) is 5.01. The Hall–Kier alpha value is -0.670. The zero-order valence-corrected chi connectivity index (χ0v) is 13.5. The molecule has 2 heterocycles. The fraction of sp³-hybridized carbons (Fsp3) is 0.833. The predicted molar refractivity (Wildman–Crippen MR) is 86.3 cm³/mol. The van der Waals surface area contributed by atoms with Crippen LogP contribution in [0.25, 0.3) is 0 Å². The molecule has 2 rings (SSSR count). The maximum atomic E-state index is 11.8. The first kappa shape index (κ1) is 16.7. The minimum Gasteiger partial charge on any atom is -0.391 e. The highest BCUT2D eigenvalue weighted by molar-refractivity contribution is 5.89. The average molecular weight is 293 g/mol. The molecule has 0 aromatic heterocycles. The molecule has 2 aliphatic heterocycles. The van der Waals surface area contributed by atoms with Gasteiger partial charge in [0.1, 0.15) is 0 Å². The Morgan fingerprint density at radius 3 is 3.00 bits per heavy atom. The molecule has 0 amide bonds. The second-order valence-corrected chi connectivity index (χ2v) is 6.66. The van der Waals surface area contributed by atoms with Crippen LogP contribution in [-0.4, -0.2) is 40.5 Å². The van der Waals surface area contributed by atoms with Gasteiger partial charge in [-0.15, -0.1) is 0 Å². The number of nitrogens with zero attached hydrogens (tertiary/aromatic N) is 1. The minimum absolute atomic E-state index is 0.133. The number of aliphatic hydroxyl groups excluding tert-OH is 1. The average Bonchev–Trinajstić information content (AvgIpc) is 3.04. The second-order valence-electron chi connectivity index (χ2n) is 6.66. The molecule has 120 valence electrons. The Bertz CT molecular complexity index is 353. The van der Waals surface area contributed by atoms with Crippen LogP contribution in [0.3, 0.4) is 0 Å². The number of ketones is 1. The van der Waals surface area contributed by atoms with Crippen LogP contribution in [0.5, 0.6) is 0 Å². The molecule has 2 saturated heterocycles. The topological polar surface area (TPSA) is 40.5 Å². The van der Waals surface area contributed by atoms with Crippen LogP contribution >= 0.6 is 0 Å². The molecule has 0 radical (unpaired) electrons. The number of hydrogen-bond donors (Lipinski definition) is 1. The molecule has 3 atom stereocenters. The first-order valence-corrected chi connectivity index (χ1v) is 8.85. The van der Waals surface area contributed by atoms with Crippen molar-refractivity contribution in [2.24, 2.45) is 0 Å². The molecular weight excluding hydrogens is 262 g/mol. The lowest BCUT2D eigenvalue weighted by Crippen LogP contribution is -2.33. The number of carbonyl (C=O) groups excluding carboxylic acids is 1. The van der Waals surface area contributed by atoms with Crippen molar-refractivity contribution < 1.29 is 9.90 Å². The van der Waals surface area contributed by atoms with E-state index >= 15 is 0 Å². The number of unbranched alkanes of at least 4 members (excludes halogenated alkanes) is 3. The number of carbonyl (C=O) groups is 1. The monoisotopic (exact) mass is 293 g/mol. The highest BCUT2D eigenvalue weighted by Crippen LogP contribution is 2.34. The lowest BCUT2D eigenvalue weighted by atomic mass is 10.0. The SMILES string of the molecule is CCCCC/C=C/C(=O)CCC[C@H]1C[C@H](O)[C@H]2CCCN12. The van der Waals surface area contributed by atoms with Crippen molar-refractivity contribution >= 4 is 5.78 Å². The zero-order valence-electron chi connectivity index (χ0n) is 13.5. The summed E-state index contributed by atoms with van der Waals surface area (Å²) >= 11 is 0. The van der Waals surface area contributed by atoms with E-state index in [2.05, 4.69) is 11.8 Å². The fourth-order valence-electron chi connectivity index (χ4n) is 3.86. The van der Waals surface area contributed by atoms with Crippen molar-refractivity contribution in [2.45, 2.75) is 89.3 Å². The molecular formula is C18H31NO2. The first-order valence-electron chi connectivity index (χ1n) is 8.85. The molecule has 0 spiro atoms. The van der Waals surface area contributed by atoms with E-state index < -0.39 is 0 Å². The highest BCUT2D eigenvalue weighted by Gasteiger charge is 2.42. The molecule has 3 heteroatoms. The number of rotatable bonds is 9. The summed E-state index contributed by atoms with van der Waals surface area (Å²) in [6.07, 6.45) is 14.3. The Labute approximate surface area is 129 Å². The molecule has 1 N–H and O–H groups in total. The molecule has 0 aromatic carbocycles. The molecule has 0 saturated carbocycles. The zero-order chi connectivity index (χ0) is 15.1. The van der Waals surface area contributed by atoms with E-state index in [1.165, 1.54) is 25.7 Å². The van der Waals surface area contributed by atoms with Gasteiger partial charge < -0.3 is 5.11 Å². The summed E-state index contributed by atoms with van der Waals surface area (Å²) < 4.78 is 0. The smallest absolute Gasteiger partial charge is 0.155 e. The molecule has 3 nitrogen and oxygen atoms in total. The van der Waals surface area contributed by atoms with E-state index in [0.29, 0.717) is 18.5 Å². The largest absolute Gasteiger partial charge is 0.391 e. The van der Waals surface area contributed by atoms with Crippen LogP contribution in [0, 0.1) is 0 Å². The molecule has 0 aromatic rings. The van der Waals surface area contributed by atoms with Gasteiger partial charge in [0, 0.05) is 18.5 Å². The lowest BCUT2D eigenvalue weighted by molar-refractivity contribution is -0.114. The fourth-order valence-corrected chi connectivity index (χ4v) is 3.86. The molecule has 0 unspecified atom stereocenters. The summed E-state index contributed by atoms with van der Waals surface area (Å²) in [6, 6.07) is 0.915. The molecule has 0 aliphatic carbocycles. The summed E-state index contributed by atoms with van der Waals surface area (Å²) in [6.45, 7) is 3.33. The first-order chi connectivity index (χ1) is 10.2. The van der Waals surface area contributed by atoms with Gasteiger partial charge in [-0.1, -0.05) is 25.8 Å². The van der Waals surface area contributed by atoms with E-state index in [-0.39, 0.29) is 11.9 Å². The number of allylic oxidation sites excluding steroid dienone is 2. The van der Waals surface area contributed by atoms with Gasteiger partial charge in [-0.3, -0.25) is 9.69 Å². The molecule has 2 aliphatic rings. The highest BCUT2D eigenvalue weighted by atomic mass is 16.3. The molecule has 2 fully saturated rings. The van der Waals surface area contributed by atoms with Crippen molar-refractivity contribution in [2.75, 3.05) is 6.54 Å². The van der Waals surface area contributed by atoms with E-state index in [1.807, 2.05) is 6.08 Å². The quantitative estimate of drug-likeness (QED) is 0.523. The van der Waals surface area contributed by atoms with E-state index in [0.717, 1.165) is 38.6 Å². The van der Waals surface area contributed by atoms with Crippen molar-refractivity contribution in [3.05, 3.63) is 12.2 Å². The third kappa shape index (κ3) is 4.93. The number of aliphatic hydroxyl groups is 1. The van der Waals surface area contributed by atoms with Crippen LogP contribution in [0.4, 0.5) is 0 Å². The standard InChI is InChI=1S/C18H31NO2/c1-2-3-4-5-6-10-16(20)11-7-9-15-14-18(21)17-12-8-13-19(15)17/h6,10,15,17-18,21H,2-5,7-9,11-14H2,1H3/b10-6+/t15-,17+,18-/m0/s1. The summed E-state index contributed by atoms with van der Waals surface area (Å²) in [5.41, 5.74) is 0. The summed E-state index contributed by atoms with van der Waals surface area (Å²) in [7, 11) is 0. The van der Waals surface area contributed by atoms with Gasteiger partial charge in [0.2, 0.25) is 0 Å². The van der Waals surface area contributed by atoms with E-state index in [1.54, 1.807) is 6.08 Å². The van der Waals surface area contributed by atoms with Gasteiger partial charge in [0.25, 0.3) is 0 Å². The van der Waals surface area contributed by atoms with Gasteiger partial charge in [-0.2, -0.15) is 0 Å². The Morgan fingerprint density at radius 2 is 2.19 bits per heavy atom. The Morgan fingerprint density at radius 1 is 1.33 bits per heavy atom. The third-order valence-electron chi connectivity index (χ3n) is 5.01. The molecule has 0 bridgehead atoms. The van der Waals surface area contributed by atoms with Crippen LogP contribution in [0.1, 0.15) is 71.1 Å². The lowest BCUT2D eigenvalue weighted by Gasteiger charge is -2.23. The van der Waals surface area contributed by atoms with Gasteiger partial charge in [0.15, 0.2) is 5.78 Å². The van der Waals surface area contributed by atoms with Gasteiger partial charge in [-0.25, -0.2) is 0 Å². The van der Waals surface area contributed by atoms with E-state index in [4.69, 9.17) is 0 Å². The van der Waals surface area contributed by atoms with Crippen molar-refractivity contribution in [3.63, 3.8) is 0 Å². The van der Waals surface area contributed by atoms with Crippen LogP contribution in [0.15, 0.2) is 12.2 Å². The maximum absolute atomic E-state index is 11.8. The van der Waals surface area contributed by atoms with Crippen LogP contribution in [-0.2, 0) is 4.79 Å². The molecule has 21 heavy (non-hydrogen) atoms. The van der Waals surface area contributed by atoms with Crippen LogP contribution in [0.2, 0.25) is 0 Å². The van der Waals surface area contributed by atoms with Crippen LogP contribution < -0.4 is 0 Å². The summed E-state index contributed by atoms with van der Waals surface area (Å²) in [5.74, 6) is 0.267. The van der Waals surface area contributed by atoms with Gasteiger partial charge in [0.05, 0.1) is 6.10 Å². The Kier molecular flexibility index (Phi) is 6.91. The summed E-state index contributed by atoms with van der Waals surface area (Å²) in [4.78, 5) is 14.3. The number of fused-ring (bicyclic) bond motifs is 1. The summed E-state index contributed by atoms with van der Waals surface area (Å²) in [5, 5.41) is 10.0. The predicted octanol–water partition coefficient (Wildman–Crippen LogP) is 3.46. The maximum Gasteiger partial charge on any atom is 0.155 e. The van der Waals surface area contributed by atoms with Crippen molar-refractivity contribution in [1.29, 1.82) is 0 Å². The van der Waals surface area contributed by atoms with Crippen molar-refractivity contribution in [3.8, 4) is 0 Å². The van der Waals surface area contributed by atoms with E-state index in [9.17, 15) is 9.90 Å². The normalized spacial score (nSPS) is 29.3. The second kappa shape index (κ2) is 8.70. The van der Waals surface area contributed by atoms with Crippen molar-refractivity contribution in [1.82, 2.24) is 4.90 Å². The Balaban J connectivity index is 1.60. The van der Waals surface area contributed by atoms with Gasteiger partial charge in [-0.05, 0) is 57.6 Å². The van der Waals surface area contributed by atoms with Gasteiger partial charge >= 0.3 is 0 Å². The minimum atomic E-state index is -0.133. The number of hydrogen-bond acceptors (Lipinski definition) is 3.